The van der Waals surface area contributed by atoms with Crippen LogP contribution in [0, 0.1) is 17.3 Å². The van der Waals surface area contributed by atoms with E-state index in [1.165, 1.54) is 38.5 Å². The zero-order valence-electron chi connectivity index (χ0n) is 10.7. The number of rotatable bonds is 6. The van der Waals surface area contributed by atoms with Gasteiger partial charge in [0.25, 0.3) is 0 Å². The maximum absolute atomic E-state index is 6.31. The van der Waals surface area contributed by atoms with Gasteiger partial charge in [0.1, 0.15) is 0 Å². The van der Waals surface area contributed by atoms with Crippen LogP contribution in [-0.2, 0) is 4.74 Å². The van der Waals surface area contributed by atoms with Gasteiger partial charge in [-0.2, -0.15) is 0 Å². The summed E-state index contributed by atoms with van der Waals surface area (Å²) in [7, 11) is 0. The zero-order valence-corrected chi connectivity index (χ0v) is 11.4. The van der Waals surface area contributed by atoms with Crippen LogP contribution in [0.25, 0.3) is 0 Å². The van der Waals surface area contributed by atoms with Gasteiger partial charge in [0.15, 0.2) is 0 Å². The van der Waals surface area contributed by atoms with E-state index in [2.05, 4.69) is 13.8 Å². The first-order valence-corrected chi connectivity index (χ1v) is 7.46. The predicted octanol–water partition coefficient (Wildman–Crippen LogP) is 4.24. The van der Waals surface area contributed by atoms with E-state index in [4.69, 9.17) is 16.3 Å². The van der Waals surface area contributed by atoms with Crippen molar-refractivity contribution in [3.63, 3.8) is 0 Å². The van der Waals surface area contributed by atoms with E-state index in [1.54, 1.807) is 0 Å². The first-order valence-electron chi connectivity index (χ1n) is 6.93. The van der Waals surface area contributed by atoms with Crippen molar-refractivity contribution in [2.75, 3.05) is 12.5 Å². The summed E-state index contributed by atoms with van der Waals surface area (Å²) in [4.78, 5) is 0. The van der Waals surface area contributed by atoms with Crippen molar-refractivity contribution in [3.8, 4) is 0 Å². The lowest BCUT2D eigenvalue weighted by Crippen LogP contribution is -2.36. The van der Waals surface area contributed by atoms with Crippen LogP contribution in [0.1, 0.15) is 52.4 Å². The molecule has 16 heavy (non-hydrogen) atoms. The molecule has 0 spiro atoms. The van der Waals surface area contributed by atoms with Gasteiger partial charge in [0, 0.05) is 17.9 Å². The van der Waals surface area contributed by atoms with Crippen LogP contribution in [0.3, 0.4) is 0 Å². The Bertz CT molecular complexity index is 223. The van der Waals surface area contributed by atoms with E-state index in [9.17, 15) is 0 Å². The molecule has 0 bridgehead atoms. The third-order valence-corrected chi connectivity index (χ3v) is 5.20. The van der Waals surface area contributed by atoms with Gasteiger partial charge in [0.05, 0.1) is 6.10 Å². The minimum Gasteiger partial charge on any atom is -0.377 e. The summed E-state index contributed by atoms with van der Waals surface area (Å²) >= 11 is 6.31. The highest BCUT2D eigenvalue weighted by molar-refractivity contribution is 6.18. The highest BCUT2D eigenvalue weighted by atomic mass is 35.5. The van der Waals surface area contributed by atoms with Crippen LogP contribution in [-0.4, -0.2) is 18.6 Å². The topological polar surface area (TPSA) is 9.23 Å². The standard InChI is InChI=1S/C14H25ClO/c1-3-11(4-2)9-14(10-15)7-8-16-13(14)12-5-6-12/h11-13H,3-10H2,1-2H3. The summed E-state index contributed by atoms with van der Waals surface area (Å²) in [6.07, 6.45) is 8.25. The van der Waals surface area contributed by atoms with Crippen molar-refractivity contribution in [1.29, 1.82) is 0 Å². The lowest BCUT2D eigenvalue weighted by Gasteiger charge is -2.35. The molecule has 2 atom stereocenters. The van der Waals surface area contributed by atoms with Crippen LogP contribution in [0.2, 0.25) is 0 Å². The average Bonchev–Trinajstić information content (AvgIpc) is 3.08. The third-order valence-electron chi connectivity index (χ3n) is 4.67. The molecular weight excluding hydrogens is 220 g/mol. The van der Waals surface area contributed by atoms with Crippen molar-refractivity contribution in [2.45, 2.75) is 58.5 Å². The van der Waals surface area contributed by atoms with Crippen molar-refractivity contribution in [3.05, 3.63) is 0 Å². The van der Waals surface area contributed by atoms with E-state index in [-0.39, 0.29) is 0 Å². The summed E-state index contributed by atoms with van der Waals surface area (Å²) in [5.41, 5.74) is 0.305. The SMILES string of the molecule is CCC(CC)CC1(CCl)CCOC1C1CC1. The summed E-state index contributed by atoms with van der Waals surface area (Å²) in [6.45, 7) is 5.55. The maximum Gasteiger partial charge on any atom is 0.0671 e. The van der Waals surface area contributed by atoms with Gasteiger partial charge in [-0.25, -0.2) is 0 Å². The summed E-state index contributed by atoms with van der Waals surface area (Å²) in [6, 6.07) is 0. The molecule has 1 aliphatic carbocycles. The Morgan fingerprint density at radius 1 is 1.31 bits per heavy atom. The Balaban J connectivity index is 2.04. The molecular formula is C14H25ClO. The van der Waals surface area contributed by atoms with Crippen LogP contribution in [0.4, 0.5) is 0 Å². The van der Waals surface area contributed by atoms with E-state index in [1.807, 2.05) is 0 Å². The highest BCUT2D eigenvalue weighted by Gasteiger charge is 2.50. The van der Waals surface area contributed by atoms with E-state index in [0.29, 0.717) is 11.5 Å². The Hall–Kier alpha value is 0.250. The van der Waals surface area contributed by atoms with E-state index >= 15 is 0 Å². The second kappa shape index (κ2) is 5.27. The molecule has 2 rings (SSSR count). The molecule has 0 amide bonds. The van der Waals surface area contributed by atoms with Crippen LogP contribution in [0.5, 0.6) is 0 Å². The number of halogens is 1. The van der Waals surface area contributed by atoms with Crippen LogP contribution in [0.15, 0.2) is 0 Å². The van der Waals surface area contributed by atoms with E-state index in [0.717, 1.165) is 24.3 Å². The number of hydrogen-bond acceptors (Lipinski definition) is 1. The molecule has 1 saturated carbocycles. The third kappa shape index (κ3) is 2.41. The minimum absolute atomic E-state index is 0.305. The Morgan fingerprint density at radius 2 is 2.00 bits per heavy atom. The fraction of sp³-hybridized carbons (Fsp3) is 1.00. The molecule has 1 aliphatic heterocycles. The fourth-order valence-electron chi connectivity index (χ4n) is 3.31. The molecule has 2 fully saturated rings. The quantitative estimate of drug-likeness (QED) is 0.635. The normalized spacial score (nSPS) is 34.9. The van der Waals surface area contributed by atoms with Gasteiger partial charge in [-0.3, -0.25) is 0 Å². The van der Waals surface area contributed by atoms with Gasteiger partial charge in [-0.1, -0.05) is 26.7 Å². The molecule has 1 nitrogen and oxygen atoms in total. The van der Waals surface area contributed by atoms with E-state index < -0.39 is 0 Å². The summed E-state index contributed by atoms with van der Waals surface area (Å²) in [5, 5.41) is 0. The molecule has 0 aromatic carbocycles. The van der Waals surface area contributed by atoms with Crippen molar-refractivity contribution in [2.24, 2.45) is 17.3 Å². The Kier molecular flexibility index (Phi) is 4.18. The maximum atomic E-state index is 6.31. The molecule has 1 saturated heterocycles. The molecule has 2 aliphatic rings. The number of ether oxygens (including phenoxy) is 1. The largest absolute Gasteiger partial charge is 0.377 e. The molecule has 0 aromatic heterocycles. The van der Waals surface area contributed by atoms with Gasteiger partial charge in [-0.05, 0) is 37.5 Å². The fourth-order valence-corrected chi connectivity index (χ4v) is 3.71. The smallest absolute Gasteiger partial charge is 0.0671 e. The van der Waals surface area contributed by atoms with Crippen molar-refractivity contribution >= 4 is 11.6 Å². The molecule has 1 heterocycles. The number of hydrogen-bond donors (Lipinski definition) is 0. The minimum atomic E-state index is 0.305. The Morgan fingerprint density at radius 3 is 2.50 bits per heavy atom. The van der Waals surface area contributed by atoms with Crippen LogP contribution >= 0.6 is 11.6 Å². The van der Waals surface area contributed by atoms with Gasteiger partial charge < -0.3 is 4.74 Å². The molecule has 2 heteroatoms. The highest BCUT2D eigenvalue weighted by Crippen LogP contribution is 2.51. The zero-order chi connectivity index (χ0) is 11.6. The number of alkyl halides is 1. The molecule has 94 valence electrons. The van der Waals surface area contributed by atoms with Gasteiger partial charge in [-0.15, -0.1) is 11.6 Å². The summed E-state index contributed by atoms with van der Waals surface area (Å²) in [5.74, 6) is 2.46. The predicted molar refractivity (Wildman–Crippen MR) is 68.9 cm³/mol. The van der Waals surface area contributed by atoms with Crippen LogP contribution < -0.4 is 0 Å². The summed E-state index contributed by atoms with van der Waals surface area (Å²) < 4.78 is 5.99. The molecule has 0 radical (unpaired) electrons. The molecule has 0 N–H and O–H groups in total. The monoisotopic (exact) mass is 244 g/mol. The van der Waals surface area contributed by atoms with Crippen molar-refractivity contribution < 1.29 is 4.74 Å². The Labute approximate surface area is 105 Å². The first kappa shape index (κ1) is 12.7. The molecule has 2 unspecified atom stereocenters. The first-order chi connectivity index (χ1) is 7.75. The lowest BCUT2D eigenvalue weighted by atomic mass is 9.73. The second-order valence-corrected chi connectivity index (χ2v) is 6.03. The second-order valence-electron chi connectivity index (χ2n) is 5.76. The van der Waals surface area contributed by atoms with Crippen molar-refractivity contribution in [1.82, 2.24) is 0 Å². The average molecular weight is 245 g/mol. The lowest BCUT2D eigenvalue weighted by molar-refractivity contribution is 0.0285. The van der Waals surface area contributed by atoms with Gasteiger partial charge >= 0.3 is 0 Å². The van der Waals surface area contributed by atoms with Gasteiger partial charge in [0.2, 0.25) is 0 Å². The molecule has 0 aromatic rings.